The second kappa shape index (κ2) is 5.51. The van der Waals surface area contributed by atoms with Gasteiger partial charge in [0.15, 0.2) is 11.6 Å². The lowest BCUT2D eigenvalue weighted by Crippen LogP contribution is -2.17. The fourth-order valence-electron chi connectivity index (χ4n) is 1.72. The van der Waals surface area contributed by atoms with Crippen molar-refractivity contribution in [2.45, 2.75) is 6.36 Å². The highest BCUT2D eigenvalue weighted by atomic mass is 19.4. The smallest absolute Gasteiger partial charge is 0.405 e. The van der Waals surface area contributed by atoms with Gasteiger partial charge in [-0.05, 0) is 35.9 Å². The Morgan fingerprint density at radius 3 is 2.24 bits per heavy atom. The average molecular weight is 302 g/mol. The van der Waals surface area contributed by atoms with E-state index in [2.05, 4.69) is 4.74 Å². The molecule has 0 heterocycles. The summed E-state index contributed by atoms with van der Waals surface area (Å²) in [6.07, 6.45) is -4.53. The molecule has 0 aliphatic carbocycles. The number of halogens is 5. The Kier molecular flexibility index (Phi) is 3.93. The Hall–Kier alpha value is -2.44. The first-order chi connectivity index (χ1) is 9.80. The zero-order valence-corrected chi connectivity index (χ0v) is 10.2. The Bertz CT molecular complexity index is 680. The standard InChI is InChI=1S/C14H7F5O2/c15-11-3-2-9(6-12(11)16)10-5-8(7-20)1-4-13(10)21-14(17,18)19/h1-7H. The van der Waals surface area contributed by atoms with Crippen molar-refractivity contribution in [1.29, 1.82) is 0 Å². The molecule has 0 fully saturated rings. The molecule has 0 aliphatic heterocycles. The molecule has 0 bridgehead atoms. The normalized spacial score (nSPS) is 11.3. The highest BCUT2D eigenvalue weighted by molar-refractivity contribution is 5.81. The van der Waals surface area contributed by atoms with Crippen LogP contribution in [0.4, 0.5) is 22.0 Å². The Morgan fingerprint density at radius 1 is 0.952 bits per heavy atom. The molecular weight excluding hydrogens is 295 g/mol. The summed E-state index contributed by atoms with van der Waals surface area (Å²) in [6.45, 7) is 0. The summed E-state index contributed by atoms with van der Waals surface area (Å²) in [7, 11) is 0. The van der Waals surface area contributed by atoms with Crippen molar-refractivity contribution >= 4 is 6.29 Å². The van der Waals surface area contributed by atoms with Gasteiger partial charge in [-0.3, -0.25) is 4.79 Å². The van der Waals surface area contributed by atoms with Crippen molar-refractivity contribution < 1.29 is 31.5 Å². The average Bonchev–Trinajstić information content (AvgIpc) is 2.41. The van der Waals surface area contributed by atoms with Gasteiger partial charge in [-0.1, -0.05) is 6.07 Å². The Morgan fingerprint density at radius 2 is 1.67 bits per heavy atom. The van der Waals surface area contributed by atoms with Gasteiger partial charge in [-0.15, -0.1) is 13.2 Å². The van der Waals surface area contributed by atoms with Crippen LogP contribution in [0.3, 0.4) is 0 Å². The quantitative estimate of drug-likeness (QED) is 0.622. The molecule has 0 unspecified atom stereocenters. The van der Waals surface area contributed by atoms with Gasteiger partial charge in [0, 0.05) is 11.1 Å². The van der Waals surface area contributed by atoms with Crippen LogP contribution in [0.2, 0.25) is 0 Å². The summed E-state index contributed by atoms with van der Waals surface area (Å²) in [5.41, 5.74) is -0.142. The molecule has 0 radical (unpaired) electrons. The van der Waals surface area contributed by atoms with Crippen LogP contribution in [0.25, 0.3) is 11.1 Å². The van der Waals surface area contributed by atoms with Crippen LogP contribution in [-0.2, 0) is 0 Å². The van der Waals surface area contributed by atoms with Gasteiger partial charge < -0.3 is 4.74 Å². The van der Waals surface area contributed by atoms with E-state index >= 15 is 0 Å². The van der Waals surface area contributed by atoms with Crippen LogP contribution < -0.4 is 4.74 Å². The first kappa shape index (κ1) is 15.0. The fourth-order valence-corrected chi connectivity index (χ4v) is 1.72. The van der Waals surface area contributed by atoms with E-state index in [0.717, 1.165) is 36.4 Å². The topological polar surface area (TPSA) is 26.3 Å². The lowest BCUT2D eigenvalue weighted by atomic mass is 10.0. The predicted molar refractivity (Wildman–Crippen MR) is 63.9 cm³/mol. The maximum atomic E-state index is 13.2. The molecule has 21 heavy (non-hydrogen) atoms. The molecule has 2 aromatic carbocycles. The molecule has 0 spiro atoms. The van der Waals surface area contributed by atoms with Gasteiger partial charge >= 0.3 is 6.36 Å². The summed E-state index contributed by atoms with van der Waals surface area (Å²) in [5, 5.41) is 0. The molecule has 7 heteroatoms. The van der Waals surface area contributed by atoms with Crippen LogP contribution in [-0.4, -0.2) is 12.6 Å². The third-order valence-corrected chi connectivity index (χ3v) is 2.60. The molecule has 0 N–H and O–H groups in total. The number of aldehydes is 1. The Labute approximate surface area is 115 Å². The van der Waals surface area contributed by atoms with Gasteiger partial charge in [0.05, 0.1) is 0 Å². The third kappa shape index (κ3) is 3.56. The maximum absolute atomic E-state index is 13.2. The molecule has 0 atom stereocenters. The zero-order chi connectivity index (χ0) is 15.6. The highest BCUT2D eigenvalue weighted by Crippen LogP contribution is 2.35. The maximum Gasteiger partial charge on any atom is 0.573 e. The van der Waals surface area contributed by atoms with Crippen LogP contribution in [0, 0.1) is 11.6 Å². The van der Waals surface area contributed by atoms with Crippen molar-refractivity contribution in [2.75, 3.05) is 0 Å². The van der Waals surface area contributed by atoms with E-state index in [1.807, 2.05) is 0 Å². The molecule has 2 aromatic rings. The second-order valence-corrected chi connectivity index (χ2v) is 4.05. The van der Waals surface area contributed by atoms with Crippen molar-refractivity contribution in [1.82, 2.24) is 0 Å². The number of carbonyl (C=O) groups is 1. The molecule has 2 rings (SSSR count). The minimum absolute atomic E-state index is 0.0446. The van der Waals surface area contributed by atoms with Crippen LogP contribution in [0.15, 0.2) is 36.4 Å². The summed E-state index contributed by atoms with van der Waals surface area (Å²) in [4.78, 5) is 10.7. The van der Waals surface area contributed by atoms with Crippen LogP contribution in [0.5, 0.6) is 5.75 Å². The molecular formula is C14H7F5O2. The zero-order valence-electron chi connectivity index (χ0n) is 10.2. The lowest BCUT2D eigenvalue weighted by Gasteiger charge is -2.14. The number of hydrogen-bond donors (Lipinski definition) is 0. The van der Waals surface area contributed by atoms with E-state index in [9.17, 15) is 26.7 Å². The minimum atomic E-state index is -4.95. The number of carbonyl (C=O) groups excluding carboxylic acids is 1. The molecule has 0 saturated carbocycles. The minimum Gasteiger partial charge on any atom is -0.405 e. The first-order valence-corrected chi connectivity index (χ1v) is 5.60. The van der Waals surface area contributed by atoms with E-state index in [-0.39, 0.29) is 16.7 Å². The van der Waals surface area contributed by atoms with Crippen LogP contribution in [0.1, 0.15) is 10.4 Å². The van der Waals surface area contributed by atoms with E-state index in [1.165, 1.54) is 0 Å². The molecule has 0 aliphatic rings. The summed E-state index contributed by atoms with van der Waals surface area (Å²) >= 11 is 0. The largest absolute Gasteiger partial charge is 0.573 e. The summed E-state index contributed by atoms with van der Waals surface area (Å²) in [5.74, 6) is -2.97. The SMILES string of the molecule is O=Cc1ccc(OC(F)(F)F)c(-c2ccc(F)c(F)c2)c1. The predicted octanol–water partition coefficient (Wildman–Crippen LogP) is 4.34. The fraction of sp³-hybridized carbons (Fsp3) is 0.0714. The number of benzene rings is 2. The number of alkyl halides is 3. The van der Waals surface area contributed by atoms with Gasteiger partial charge in [-0.2, -0.15) is 0 Å². The van der Waals surface area contributed by atoms with E-state index in [4.69, 9.17) is 0 Å². The van der Waals surface area contributed by atoms with Gasteiger partial charge in [-0.25, -0.2) is 8.78 Å². The van der Waals surface area contributed by atoms with Crippen molar-refractivity contribution in [3.63, 3.8) is 0 Å². The molecule has 0 amide bonds. The van der Waals surface area contributed by atoms with E-state index < -0.39 is 23.7 Å². The van der Waals surface area contributed by atoms with Gasteiger partial charge in [0.2, 0.25) is 0 Å². The van der Waals surface area contributed by atoms with Crippen molar-refractivity contribution in [3.05, 3.63) is 53.6 Å². The number of ether oxygens (including phenoxy) is 1. The molecule has 0 aromatic heterocycles. The Balaban J connectivity index is 2.57. The second-order valence-electron chi connectivity index (χ2n) is 4.05. The summed E-state index contributed by atoms with van der Waals surface area (Å²) < 4.78 is 66.9. The lowest BCUT2D eigenvalue weighted by molar-refractivity contribution is -0.274. The summed E-state index contributed by atoms with van der Waals surface area (Å²) in [6, 6.07) is 5.75. The highest BCUT2D eigenvalue weighted by Gasteiger charge is 2.32. The molecule has 0 saturated heterocycles. The monoisotopic (exact) mass is 302 g/mol. The number of hydrogen-bond acceptors (Lipinski definition) is 2. The van der Waals surface area contributed by atoms with E-state index in [0.29, 0.717) is 6.29 Å². The number of rotatable bonds is 3. The van der Waals surface area contributed by atoms with Crippen LogP contribution >= 0.6 is 0 Å². The van der Waals surface area contributed by atoms with Crippen molar-refractivity contribution in [3.8, 4) is 16.9 Å². The molecule has 2 nitrogen and oxygen atoms in total. The van der Waals surface area contributed by atoms with Crippen molar-refractivity contribution in [2.24, 2.45) is 0 Å². The third-order valence-electron chi connectivity index (χ3n) is 2.60. The van der Waals surface area contributed by atoms with Gasteiger partial charge in [0.1, 0.15) is 12.0 Å². The van der Waals surface area contributed by atoms with Gasteiger partial charge in [0.25, 0.3) is 0 Å². The molecule has 110 valence electrons. The first-order valence-electron chi connectivity index (χ1n) is 5.60. The van der Waals surface area contributed by atoms with E-state index in [1.54, 1.807) is 0 Å².